The van der Waals surface area contributed by atoms with Gasteiger partial charge in [-0.05, 0) is 51.3 Å². The van der Waals surface area contributed by atoms with Crippen LogP contribution in [0.5, 0.6) is 0 Å². The van der Waals surface area contributed by atoms with Gasteiger partial charge in [-0.1, -0.05) is 0 Å². The van der Waals surface area contributed by atoms with Crippen molar-refractivity contribution < 1.29 is 9.53 Å². The Balaban J connectivity index is 1.41. The summed E-state index contributed by atoms with van der Waals surface area (Å²) in [6.07, 6.45) is 6.23. The lowest BCUT2D eigenvalue weighted by molar-refractivity contribution is -0.113. The molecule has 166 valence electrons. The summed E-state index contributed by atoms with van der Waals surface area (Å²) in [5.41, 5.74) is 4.56. The van der Waals surface area contributed by atoms with E-state index in [0.717, 1.165) is 54.1 Å². The van der Waals surface area contributed by atoms with Crippen molar-refractivity contribution in [3.63, 3.8) is 0 Å². The zero-order chi connectivity index (χ0) is 22.2. The van der Waals surface area contributed by atoms with Crippen LogP contribution in [0.25, 0.3) is 11.0 Å². The van der Waals surface area contributed by atoms with E-state index in [2.05, 4.69) is 25.6 Å². The Morgan fingerprint density at radius 3 is 2.81 bits per heavy atom. The number of aryl methyl sites for hydroxylation is 3. The smallest absolute Gasteiger partial charge is 0.275 e. The molecule has 5 rings (SSSR count). The van der Waals surface area contributed by atoms with Gasteiger partial charge in [0.2, 0.25) is 0 Å². The van der Waals surface area contributed by atoms with E-state index in [9.17, 15) is 4.79 Å². The number of nitrogens with zero attached hydrogens (tertiary/aromatic N) is 5. The molecule has 0 saturated carbocycles. The van der Waals surface area contributed by atoms with E-state index in [4.69, 9.17) is 9.72 Å². The van der Waals surface area contributed by atoms with Crippen LogP contribution in [-0.4, -0.2) is 38.7 Å². The van der Waals surface area contributed by atoms with Crippen LogP contribution in [0, 0.1) is 13.8 Å². The number of hydrogen-bond donors (Lipinski definition) is 2. The molecule has 2 aliphatic heterocycles. The van der Waals surface area contributed by atoms with Gasteiger partial charge in [0.05, 0.1) is 5.69 Å². The first-order valence-electron chi connectivity index (χ1n) is 10.9. The summed E-state index contributed by atoms with van der Waals surface area (Å²) in [5, 5.41) is 11.7. The molecular formula is C23H27N7O2. The molecule has 0 aliphatic carbocycles. The lowest BCUT2D eigenvalue weighted by Gasteiger charge is -2.29. The van der Waals surface area contributed by atoms with Crippen LogP contribution < -0.4 is 15.5 Å². The Labute approximate surface area is 186 Å². The third-order valence-electron chi connectivity index (χ3n) is 6.08. The van der Waals surface area contributed by atoms with Crippen molar-refractivity contribution in [3.8, 4) is 0 Å². The number of hydrogen-bond acceptors (Lipinski definition) is 7. The molecule has 0 bridgehead atoms. The summed E-state index contributed by atoms with van der Waals surface area (Å²) in [5.74, 6) is 0.503. The van der Waals surface area contributed by atoms with Crippen LogP contribution in [0.15, 0.2) is 36.4 Å². The van der Waals surface area contributed by atoms with Crippen LogP contribution in [0.4, 0.5) is 11.5 Å². The molecule has 1 amide bonds. The van der Waals surface area contributed by atoms with Crippen LogP contribution in [0.1, 0.15) is 42.4 Å². The topological polar surface area (TPSA) is 97.2 Å². The molecule has 0 radical (unpaired) electrons. The largest absolute Gasteiger partial charge is 0.472 e. The van der Waals surface area contributed by atoms with Gasteiger partial charge >= 0.3 is 0 Å². The van der Waals surface area contributed by atoms with Gasteiger partial charge in [0.15, 0.2) is 17.7 Å². The number of nitrogens with one attached hydrogen (secondary N) is 2. The van der Waals surface area contributed by atoms with Crippen molar-refractivity contribution in [1.29, 1.82) is 0 Å². The lowest BCUT2D eigenvalue weighted by Crippen LogP contribution is -2.32. The number of fused-ring (bicyclic) bond motifs is 1. The highest BCUT2D eigenvalue weighted by Crippen LogP contribution is 2.32. The second-order valence-corrected chi connectivity index (χ2v) is 8.36. The average molecular weight is 434 g/mol. The summed E-state index contributed by atoms with van der Waals surface area (Å²) in [6, 6.07) is 5.78. The van der Waals surface area contributed by atoms with Crippen LogP contribution in [0.2, 0.25) is 0 Å². The first-order chi connectivity index (χ1) is 15.5. The fourth-order valence-electron chi connectivity index (χ4n) is 4.21. The van der Waals surface area contributed by atoms with E-state index in [-0.39, 0.29) is 5.91 Å². The molecule has 32 heavy (non-hydrogen) atoms. The highest BCUT2D eigenvalue weighted by molar-refractivity contribution is 6.06. The maximum absolute atomic E-state index is 13.1. The molecule has 2 aliphatic rings. The molecule has 3 aromatic heterocycles. The number of pyridine rings is 2. The molecular weight excluding hydrogens is 406 g/mol. The summed E-state index contributed by atoms with van der Waals surface area (Å²) in [6.45, 7) is 5.76. The summed E-state index contributed by atoms with van der Waals surface area (Å²) < 4.78 is 7.52. The third kappa shape index (κ3) is 3.74. The minimum atomic E-state index is -0.416. The van der Waals surface area contributed by atoms with E-state index >= 15 is 0 Å². The maximum Gasteiger partial charge on any atom is 0.275 e. The standard InChI is InChI=1S/C23H27N7O2/c1-14-11-16(7-8-24-14)23-26-19(13-32-23)22(31)25-18-12-17-15(2)29(3)28-20(17)27-21(18)30-9-5-4-6-10-30/h7-8,11-13,23,26H,4-6,9-10H2,1-3H3,(H,25,31). The van der Waals surface area contributed by atoms with Crippen LogP contribution in [0.3, 0.4) is 0 Å². The zero-order valence-electron chi connectivity index (χ0n) is 18.6. The van der Waals surface area contributed by atoms with E-state index in [1.165, 1.54) is 12.7 Å². The zero-order valence-corrected chi connectivity index (χ0v) is 18.6. The second kappa shape index (κ2) is 8.14. The van der Waals surface area contributed by atoms with Crippen molar-refractivity contribution in [2.24, 2.45) is 7.05 Å². The van der Waals surface area contributed by atoms with Crippen molar-refractivity contribution in [1.82, 2.24) is 25.1 Å². The second-order valence-electron chi connectivity index (χ2n) is 8.36. The number of rotatable bonds is 4. The Morgan fingerprint density at radius 2 is 2.03 bits per heavy atom. The SMILES string of the molecule is Cc1cc(C2NC(C(=O)Nc3cc4c(C)n(C)nc4nc3N3CCCCC3)=CO2)ccn1. The summed E-state index contributed by atoms with van der Waals surface area (Å²) >= 11 is 0. The molecule has 9 heteroatoms. The fourth-order valence-corrected chi connectivity index (χ4v) is 4.21. The Hall–Kier alpha value is -3.62. The Morgan fingerprint density at radius 1 is 1.22 bits per heavy atom. The quantitative estimate of drug-likeness (QED) is 0.653. The van der Waals surface area contributed by atoms with Gasteiger partial charge in [-0.3, -0.25) is 14.5 Å². The van der Waals surface area contributed by atoms with Crippen molar-refractivity contribution in [2.45, 2.75) is 39.3 Å². The Kier molecular flexibility index (Phi) is 5.16. The van der Waals surface area contributed by atoms with Gasteiger partial charge < -0.3 is 20.3 Å². The van der Waals surface area contributed by atoms with Gasteiger partial charge in [0, 0.05) is 48.7 Å². The van der Waals surface area contributed by atoms with E-state index in [1.807, 2.05) is 43.8 Å². The first-order valence-corrected chi connectivity index (χ1v) is 10.9. The predicted molar refractivity (Wildman–Crippen MR) is 122 cm³/mol. The highest BCUT2D eigenvalue weighted by atomic mass is 16.5. The molecule has 2 N–H and O–H groups in total. The van der Waals surface area contributed by atoms with Crippen molar-refractivity contribution in [3.05, 3.63) is 53.3 Å². The maximum atomic E-state index is 13.1. The van der Waals surface area contributed by atoms with E-state index in [0.29, 0.717) is 17.0 Å². The van der Waals surface area contributed by atoms with Crippen LogP contribution >= 0.6 is 0 Å². The summed E-state index contributed by atoms with van der Waals surface area (Å²) in [4.78, 5) is 24.4. The number of ether oxygens (including phenoxy) is 1. The molecule has 0 aromatic carbocycles. The first kappa shape index (κ1) is 20.3. The van der Waals surface area contributed by atoms with Gasteiger partial charge in [0.25, 0.3) is 5.91 Å². The van der Waals surface area contributed by atoms with E-state index in [1.54, 1.807) is 6.20 Å². The fraction of sp³-hybridized carbons (Fsp3) is 0.391. The molecule has 1 unspecified atom stereocenters. The number of amides is 1. The average Bonchev–Trinajstić information content (AvgIpc) is 3.40. The molecule has 1 fully saturated rings. The number of carbonyl (C=O) groups is 1. The summed E-state index contributed by atoms with van der Waals surface area (Å²) in [7, 11) is 1.90. The number of piperidine rings is 1. The predicted octanol–water partition coefficient (Wildman–Crippen LogP) is 3.07. The Bertz CT molecular complexity index is 1210. The van der Waals surface area contributed by atoms with Gasteiger partial charge in [-0.25, -0.2) is 4.98 Å². The lowest BCUT2D eigenvalue weighted by atomic mass is 10.1. The molecule has 0 spiro atoms. The monoisotopic (exact) mass is 433 g/mol. The molecule has 1 saturated heterocycles. The van der Waals surface area contributed by atoms with E-state index < -0.39 is 6.23 Å². The van der Waals surface area contributed by atoms with Crippen molar-refractivity contribution >= 4 is 28.4 Å². The number of anilines is 2. The normalized spacial score (nSPS) is 18.3. The molecule has 3 aromatic rings. The molecule has 1 atom stereocenters. The van der Waals surface area contributed by atoms with Gasteiger partial charge in [-0.2, -0.15) is 5.10 Å². The number of carbonyl (C=O) groups excluding carboxylic acids is 1. The highest BCUT2D eigenvalue weighted by Gasteiger charge is 2.26. The van der Waals surface area contributed by atoms with Gasteiger partial charge in [-0.15, -0.1) is 0 Å². The van der Waals surface area contributed by atoms with Gasteiger partial charge in [0.1, 0.15) is 12.0 Å². The van der Waals surface area contributed by atoms with Crippen molar-refractivity contribution in [2.75, 3.05) is 23.3 Å². The minimum absolute atomic E-state index is 0.265. The third-order valence-corrected chi connectivity index (χ3v) is 6.08. The number of aromatic nitrogens is 4. The molecule has 9 nitrogen and oxygen atoms in total. The minimum Gasteiger partial charge on any atom is -0.472 e. The molecule has 5 heterocycles. The van der Waals surface area contributed by atoms with Crippen LogP contribution in [-0.2, 0) is 16.6 Å².